The molecule has 4 aliphatic carbocycles. The van der Waals surface area contributed by atoms with Gasteiger partial charge in [0.2, 0.25) is 0 Å². The van der Waals surface area contributed by atoms with Gasteiger partial charge >= 0.3 is 0 Å². The van der Waals surface area contributed by atoms with Crippen molar-refractivity contribution >= 4 is 5.78 Å². The lowest BCUT2D eigenvalue weighted by Crippen LogP contribution is -2.65. The van der Waals surface area contributed by atoms with Gasteiger partial charge < -0.3 is 15.3 Å². The third-order valence-corrected chi connectivity index (χ3v) is 7.28. The second-order valence-electron chi connectivity index (χ2n) is 8.61. The second kappa shape index (κ2) is 4.56. The van der Waals surface area contributed by atoms with E-state index < -0.39 is 23.7 Å². The molecule has 0 saturated heterocycles. The topological polar surface area (TPSA) is 77.8 Å². The van der Waals surface area contributed by atoms with E-state index >= 15 is 0 Å². The molecular formula is C19H26O4. The fourth-order valence-corrected chi connectivity index (χ4v) is 6.15. The van der Waals surface area contributed by atoms with Crippen molar-refractivity contribution in [1.82, 2.24) is 0 Å². The van der Waals surface area contributed by atoms with Crippen molar-refractivity contribution in [2.45, 2.75) is 57.8 Å². The number of Topliss-reactive ketones (excluding diaryl/α,β-unsaturated/α-hetero) is 1. The molecule has 0 aromatic rings. The fourth-order valence-electron chi connectivity index (χ4n) is 6.15. The number of hydrogen-bond acceptors (Lipinski definition) is 4. The van der Waals surface area contributed by atoms with Gasteiger partial charge in [0.25, 0.3) is 0 Å². The first-order valence-corrected chi connectivity index (χ1v) is 8.71. The van der Waals surface area contributed by atoms with E-state index in [0.717, 1.165) is 31.3 Å². The van der Waals surface area contributed by atoms with Gasteiger partial charge in [-0.3, -0.25) is 4.79 Å². The monoisotopic (exact) mass is 318 g/mol. The Labute approximate surface area is 136 Å². The molecule has 0 aromatic heterocycles. The van der Waals surface area contributed by atoms with E-state index in [4.69, 9.17) is 0 Å². The van der Waals surface area contributed by atoms with Crippen LogP contribution in [0.1, 0.15) is 39.5 Å². The van der Waals surface area contributed by atoms with Crippen LogP contribution in [0.2, 0.25) is 0 Å². The van der Waals surface area contributed by atoms with Crippen LogP contribution in [0, 0.1) is 28.6 Å². The summed E-state index contributed by atoms with van der Waals surface area (Å²) in [7, 11) is 0. The maximum Gasteiger partial charge on any atom is 0.174 e. The lowest BCUT2D eigenvalue weighted by atomic mass is 9.48. The van der Waals surface area contributed by atoms with Crippen LogP contribution in [-0.4, -0.2) is 39.4 Å². The first-order valence-electron chi connectivity index (χ1n) is 8.71. The molecule has 3 N–H and O–H groups in total. The number of rotatable bonds is 0. The number of allylic oxidation sites excluding steroid dienone is 1. The number of fused-ring (bicyclic) bond motifs is 3. The molecular weight excluding hydrogens is 292 g/mol. The van der Waals surface area contributed by atoms with Gasteiger partial charge in [-0.15, -0.1) is 0 Å². The van der Waals surface area contributed by atoms with Gasteiger partial charge in [-0.05, 0) is 42.6 Å². The summed E-state index contributed by atoms with van der Waals surface area (Å²) in [5, 5.41) is 32.5. The minimum atomic E-state index is -1.28. The summed E-state index contributed by atoms with van der Waals surface area (Å²) in [5.41, 5.74) is 0.215. The third-order valence-electron chi connectivity index (χ3n) is 7.28. The largest absolute Gasteiger partial charge is 0.391 e. The highest BCUT2D eigenvalue weighted by Gasteiger charge is 2.71. The van der Waals surface area contributed by atoms with E-state index in [1.54, 1.807) is 0 Å². The number of ketones is 1. The van der Waals surface area contributed by atoms with E-state index in [1.807, 2.05) is 0 Å². The number of carbonyl (C=O) groups is 1. The molecule has 0 unspecified atom stereocenters. The second-order valence-corrected chi connectivity index (χ2v) is 8.61. The Kier molecular flexibility index (Phi) is 3.08. The Balaban J connectivity index is 1.92. The highest BCUT2D eigenvalue weighted by Crippen LogP contribution is 2.65. The molecule has 0 heterocycles. The Morgan fingerprint density at radius 3 is 2.61 bits per heavy atom. The maximum atomic E-state index is 13.2. The molecule has 126 valence electrons. The summed E-state index contributed by atoms with van der Waals surface area (Å²) in [6, 6.07) is 0. The van der Waals surface area contributed by atoms with Gasteiger partial charge in [0.1, 0.15) is 6.10 Å². The van der Waals surface area contributed by atoms with E-state index in [1.165, 1.54) is 0 Å². The van der Waals surface area contributed by atoms with Crippen LogP contribution >= 0.6 is 0 Å². The Bertz CT molecular complexity index is 619. The Hall–Kier alpha value is -0.970. The average molecular weight is 318 g/mol. The predicted octanol–water partition coefficient (Wildman–Crippen LogP) is 1.60. The highest BCUT2D eigenvalue weighted by molar-refractivity contribution is 5.94. The zero-order chi connectivity index (χ0) is 16.7. The van der Waals surface area contributed by atoms with Gasteiger partial charge in [0, 0.05) is 11.8 Å². The van der Waals surface area contributed by atoms with Crippen molar-refractivity contribution in [3.05, 3.63) is 23.8 Å². The molecule has 0 aliphatic heterocycles. The average Bonchev–Trinajstić information content (AvgIpc) is 2.60. The van der Waals surface area contributed by atoms with Crippen LogP contribution in [0.25, 0.3) is 0 Å². The van der Waals surface area contributed by atoms with Gasteiger partial charge in [-0.1, -0.05) is 32.1 Å². The van der Waals surface area contributed by atoms with E-state index in [2.05, 4.69) is 26.5 Å². The molecule has 4 aliphatic rings. The van der Waals surface area contributed by atoms with Gasteiger partial charge in [-0.2, -0.15) is 0 Å². The van der Waals surface area contributed by atoms with E-state index in [0.29, 0.717) is 5.57 Å². The molecule has 1 spiro atoms. The molecule has 0 amide bonds. The molecule has 0 aromatic carbocycles. The number of aliphatic hydroxyl groups is 3. The maximum absolute atomic E-state index is 13.2. The van der Waals surface area contributed by atoms with E-state index in [-0.39, 0.29) is 29.0 Å². The Morgan fingerprint density at radius 2 is 1.91 bits per heavy atom. The van der Waals surface area contributed by atoms with Crippen LogP contribution in [0.5, 0.6) is 0 Å². The molecule has 3 fully saturated rings. The first kappa shape index (κ1) is 15.6. The van der Waals surface area contributed by atoms with Crippen molar-refractivity contribution < 1.29 is 20.1 Å². The number of carbonyl (C=O) groups excluding carboxylic acids is 1. The quantitative estimate of drug-likeness (QED) is 0.593. The smallest absolute Gasteiger partial charge is 0.174 e. The van der Waals surface area contributed by atoms with Gasteiger partial charge in [-0.25, -0.2) is 0 Å². The zero-order valence-corrected chi connectivity index (χ0v) is 13.8. The lowest BCUT2D eigenvalue weighted by Gasteiger charge is -2.56. The van der Waals surface area contributed by atoms with Crippen molar-refractivity contribution in [2.24, 2.45) is 28.6 Å². The molecule has 4 heteroatoms. The zero-order valence-electron chi connectivity index (χ0n) is 13.8. The van der Waals surface area contributed by atoms with Crippen LogP contribution < -0.4 is 0 Å². The third kappa shape index (κ3) is 1.60. The minimum Gasteiger partial charge on any atom is -0.391 e. The van der Waals surface area contributed by atoms with Crippen molar-refractivity contribution in [3.8, 4) is 0 Å². The van der Waals surface area contributed by atoms with Crippen molar-refractivity contribution in [2.75, 3.05) is 0 Å². The molecule has 2 bridgehead atoms. The standard InChI is InChI=1S/C19H26O4/c1-9-10-6-7-12-11-5-4-8-18(2,3)13(11)14(20)17(23)19(12,15(9)21)16(10)22/h5,10,12-16,20-22H,1,4,6-8H2,2-3H3/t10-,12-,13+,14-,15+,16+,19-/m0/s1. The molecule has 3 saturated carbocycles. The highest BCUT2D eigenvalue weighted by atomic mass is 16.3. The van der Waals surface area contributed by atoms with Gasteiger partial charge in [0.15, 0.2) is 5.78 Å². The Morgan fingerprint density at radius 1 is 1.22 bits per heavy atom. The molecule has 4 rings (SSSR count). The summed E-state index contributed by atoms with van der Waals surface area (Å²) >= 11 is 0. The number of aliphatic hydroxyl groups excluding tert-OH is 3. The number of hydrogen-bond donors (Lipinski definition) is 3. The summed E-state index contributed by atoms with van der Waals surface area (Å²) in [6.45, 7) is 8.15. The normalized spacial score (nSPS) is 51.1. The summed E-state index contributed by atoms with van der Waals surface area (Å²) in [6.07, 6.45) is 2.39. The van der Waals surface area contributed by atoms with Crippen LogP contribution in [0.4, 0.5) is 0 Å². The molecule has 4 nitrogen and oxygen atoms in total. The van der Waals surface area contributed by atoms with Crippen LogP contribution in [0.15, 0.2) is 23.8 Å². The molecule has 23 heavy (non-hydrogen) atoms. The van der Waals surface area contributed by atoms with Crippen molar-refractivity contribution in [3.63, 3.8) is 0 Å². The van der Waals surface area contributed by atoms with Crippen LogP contribution in [-0.2, 0) is 4.79 Å². The predicted molar refractivity (Wildman–Crippen MR) is 85.4 cm³/mol. The first-order chi connectivity index (χ1) is 10.7. The van der Waals surface area contributed by atoms with Gasteiger partial charge in [0.05, 0.1) is 17.6 Å². The van der Waals surface area contributed by atoms with Crippen LogP contribution in [0.3, 0.4) is 0 Å². The fraction of sp³-hybridized carbons (Fsp3) is 0.737. The summed E-state index contributed by atoms with van der Waals surface area (Å²) in [4.78, 5) is 13.2. The molecule has 0 radical (unpaired) electrons. The minimum absolute atomic E-state index is 0.150. The van der Waals surface area contributed by atoms with Crippen molar-refractivity contribution in [1.29, 1.82) is 0 Å². The summed E-state index contributed by atoms with van der Waals surface area (Å²) in [5.74, 6) is -0.984. The van der Waals surface area contributed by atoms with E-state index in [9.17, 15) is 20.1 Å². The SMILES string of the molecule is C=C1[C@@H](O)[C@@]23C(=O)[C@@H](O)[C@H]4C(=CCCC4(C)C)[C@@H]2CC[C@@H]1[C@H]3O. The lowest BCUT2D eigenvalue weighted by molar-refractivity contribution is -0.174. The molecule has 7 atom stereocenters. The summed E-state index contributed by atoms with van der Waals surface area (Å²) < 4.78 is 0.